The van der Waals surface area contributed by atoms with E-state index >= 15 is 0 Å². The van der Waals surface area contributed by atoms with E-state index in [1.807, 2.05) is 17.9 Å². The summed E-state index contributed by atoms with van der Waals surface area (Å²) in [5.74, 6) is 1.37. The highest BCUT2D eigenvalue weighted by Gasteiger charge is 2.41. The summed E-state index contributed by atoms with van der Waals surface area (Å²) in [7, 11) is 1.66. The summed E-state index contributed by atoms with van der Waals surface area (Å²) in [6, 6.07) is 0.398. The van der Waals surface area contributed by atoms with Crippen LogP contribution in [0.5, 0.6) is 0 Å². The molecule has 1 saturated heterocycles. The third-order valence-corrected chi connectivity index (χ3v) is 4.11. The van der Waals surface area contributed by atoms with Crippen molar-refractivity contribution in [2.75, 3.05) is 33.2 Å². The van der Waals surface area contributed by atoms with E-state index in [1.54, 1.807) is 13.2 Å². The van der Waals surface area contributed by atoms with Crippen LogP contribution in [0, 0.1) is 6.92 Å². The molecule has 0 aromatic carbocycles. The number of aromatic nitrogens is 2. The van der Waals surface area contributed by atoms with Gasteiger partial charge in [0.05, 0.1) is 12.2 Å². The van der Waals surface area contributed by atoms with E-state index in [2.05, 4.69) is 20.3 Å². The summed E-state index contributed by atoms with van der Waals surface area (Å²) in [5.41, 5.74) is 0.841. The maximum Gasteiger partial charge on any atom is 0.403 e. The van der Waals surface area contributed by atoms with E-state index in [0.717, 1.165) is 5.69 Å². The van der Waals surface area contributed by atoms with Gasteiger partial charge >= 0.3 is 6.18 Å². The molecule has 0 radical (unpaired) electrons. The summed E-state index contributed by atoms with van der Waals surface area (Å²) < 4.78 is 38.4. The summed E-state index contributed by atoms with van der Waals surface area (Å²) in [6.45, 7) is 5.24. The normalized spacial score (nSPS) is 17.8. The van der Waals surface area contributed by atoms with Crippen LogP contribution in [0.15, 0.2) is 17.3 Å². The fourth-order valence-corrected chi connectivity index (χ4v) is 2.63. The Morgan fingerprint density at radius 2 is 1.96 bits per heavy atom. The van der Waals surface area contributed by atoms with Crippen LogP contribution in [0.4, 0.5) is 13.2 Å². The molecule has 25 heavy (non-hydrogen) atoms. The van der Waals surface area contributed by atoms with Gasteiger partial charge in [0.15, 0.2) is 5.96 Å². The Labute approximate surface area is 162 Å². The molecule has 1 unspecified atom stereocenters. The minimum Gasteiger partial charge on any atom is -0.351 e. The van der Waals surface area contributed by atoms with Crippen molar-refractivity contribution in [2.24, 2.45) is 4.99 Å². The zero-order valence-electron chi connectivity index (χ0n) is 14.5. The lowest BCUT2D eigenvalue weighted by Gasteiger charge is -2.39. The number of nitrogens with one attached hydrogen (secondary N) is 1. The molecule has 0 bridgehead atoms. The van der Waals surface area contributed by atoms with Crippen molar-refractivity contribution in [1.29, 1.82) is 0 Å². The number of alkyl halides is 3. The molecular formula is C15H24F3IN6. The Morgan fingerprint density at radius 1 is 1.32 bits per heavy atom. The van der Waals surface area contributed by atoms with Crippen LogP contribution < -0.4 is 5.32 Å². The highest BCUT2D eigenvalue weighted by molar-refractivity contribution is 14.0. The van der Waals surface area contributed by atoms with Crippen LogP contribution in [-0.2, 0) is 6.54 Å². The third-order valence-electron chi connectivity index (χ3n) is 4.11. The molecule has 6 nitrogen and oxygen atoms in total. The van der Waals surface area contributed by atoms with Gasteiger partial charge in [-0.2, -0.15) is 13.2 Å². The number of hydrogen-bond donors (Lipinski definition) is 1. The first-order valence-corrected chi connectivity index (χ1v) is 7.86. The lowest BCUT2D eigenvalue weighted by molar-refractivity contribution is -0.181. The van der Waals surface area contributed by atoms with Crippen LogP contribution in [0.1, 0.15) is 18.4 Å². The minimum absolute atomic E-state index is 0. The number of piperazine rings is 1. The largest absolute Gasteiger partial charge is 0.403 e. The fourth-order valence-electron chi connectivity index (χ4n) is 2.63. The Kier molecular flexibility index (Phi) is 8.32. The van der Waals surface area contributed by atoms with E-state index in [4.69, 9.17) is 0 Å². The molecule has 0 aliphatic carbocycles. The molecule has 1 aliphatic rings. The van der Waals surface area contributed by atoms with Crippen molar-refractivity contribution in [3.8, 4) is 0 Å². The highest BCUT2D eigenvalue weighted by atomic mass is 127. The van der Waals surface area contributed by atoms with Crippen molar-refractivity contribution >= 4 is 29.9 Å². The second-order valence-corrected chi connectivity index (χ2v) is 5.74. The second kappa shape index (κ2) is 9.51. The fraction of sp³-hybridized carbons (Fsp3) is 0.667. The molecule has 0 amide bonds. The number of hydrogen-bond acceptors (Lipinski definition) is 4. The van der Waals surface area contributed by atoms with Gasteiger partial charge in [0.25, 0.3) is 0 Å². The monoisotopic (exact) mass is 472 g/mol. The average molecular weight is 472 g/mol. The molecule has 1 fully saturated rings. The smallest absolute Gasteiger partial charge is 0.351 e. The lowest BCUT2D eigenvalue weighted by atomic mass is 10.2. The van der Waals surface area contributed by atoms with E-state index in [0.29, 0.717) is 44.5 Å². The van der Waals surface area contributed by atoms with Gasteiger partial charge in [-0.1, -0.05) is 0 Å². The molecule has 1 aliphatic heterocycles. The summed E-state index contributed by atoms with van der Waals surface area (Å²) >= 11 is 0. The van der Waals surface area contributed by atoms with Gasteiger partial charge < -0.3 is 10.2 Å². The SMILES string of the molecule is CN=C(NCc1ccnc(C)n1)N1CCN(C(C)C(F)(F)F)CC1.I. The molecule has 10 heteroatoms. The summed E-state index contributed by atoms with van der Waals surface area (Å²) in [4.78, 5) is 16.0. The number of halogens is 4. The van der Waals surface area contributed by atoms with Crippen molar-refractivity contribution in [2.45, 2.75) is 32.6 Å². The van der Waals surface area contributed by atoms with Gasteiger partial charge in [-0.25, -0.2) is 9.97 Å². The highest BCUT2D eigenvalue weighted by Crippen LogP contribution is 2.25. The molecule has 0 spiro atoms. The first-order chi connectivity index (χ1) is 11.3. The Morgan fingerprint density at radius 3 is 2.48 bits per heavy atom. The summed E-state index contributed by atoms with van der Waals surface area (Å²) in [6.07, 6.45) is -2.49. The Bertz CT molecular complexity index is 573. The molecular weight excluding hydrogens is 448 g/mol. The van der Waals surface area contributed by atoms with Gasteiger partial charge in [0.1, 0.15) is 11.9 Å². The molecule has 0 saturated carbocycles. The number of aryl methyl sites for hydroxylation is 1. The van der Waals surface area contributed by atoms with Gasteiger partial charge in [-0.15, -0.1) is 24.0 Å². The third kappa shape index (κ3) is 6.24. The van der Waals surface area contributed by atoms with Gasteiger partial charge in [0.2, 0.25) is 0 Å². The van der Waals surface area contributed by atoms with Crippen LogP contribution >= 0.6 is 24.0 Å². The lowest BCUT2D eigenvalue weighted by Crippen LogP contribution is -2.56. The zero-order valence-corrected chi connectivity index (χ0v) is 16.9. The number of guanidine groups is 1. The Hall–Kier alpha value is -1.17. The first kappa shape index (κ1) is 21.9. The second-order valence-electron chi connectivity index (χ2n) is 5.74. The van der Waals surface area contributed by atoms with Crippen LogP contribution in [0.25, 0.3) is 0 Å². The minimum atomic E-state index is -4.19. The molecule has 1 aromatic heterocycles. The van der Waals surface area contributed by atoms with Crippen molar-refractivity contribution in [3.63, 3.8) is 0 Å². The van der Waals surface area contributed by atoms with Crippen LogP contribution in [-0.4, -0.2) is 71.2 Å². The molecule has 142 valence electrons. The topological polar surface area (TPSA) is 56.7 Å². The van der Waals surface area contributed by atoms with Crippen molar-refractivity contribution in [3.05, 3.63) is 23.8 Å². The van der Waals surface area contributed by atoms with Gasteiger partial charge in [-0.3, -0.25) is 9.89 Å². The van der Waals surface area contributed by atoms with E-state index in [9.17, 15) is 13.2 Å². The van der Waals surface area contributed by atoms with Gasteiger partial charge in [0, 0.05) is 39.4 Å². The molecule has 1 N–H and O–H groups in total. The van der Waals surface area contributed by atoms with E-state index < -0.39 is 12.2 Å². The molecule has 2 rings (SSSR count). The maximum absolute atomic E-state index is 12.8. The number of aliphatic imine (C=N–C) groups is 1. The average Bonchev–Trinajstić information content (AvgIpc) is 2.54. The number of nitrogens with zero attached hydrogens (tertiary/aromatic N) is 5. The van der Waals surface area contributed by atoms with E-state index in [1.165, 1.54) is 11.8 Å². The number of rotatable bonds is 3. The maximum atomic E-state index is 12.8. The van der Waals surface area contributed by atoms with Crippen LogP contribution in [0.3, 0.4) is 0 Å². The Balaban J connectivity index is 0.00000312. The molecule has 2 heterocycles. The van der Waals surface area contributed by atoms with E-state index in [-0.39, 0.29) is 24.0 Å². The van der Waals surface area contributed by atoms with Gasteiger partial charge in [-0.05, 0) is 19.9 Å². The molecule has 1 aromatic rings. The molecule has 1 atom stereocenters. The zero-order chi connectivity index (χ0) is 17.7. The van der Waals surface area contributed by atoms with Crippen molar-refractivity contribution < 1.29 is 13.2 Å². The van der Waals surface area contributed by atoms with Crippen molar-refractivity contribution in [1.82, 2.24) is 25.1 Å². The predicted molar refractivity (Wildman–Crippen MR) is 101 cm³/mol. The quantitative estimate of drug-likeness (QED) is 0.415. The standard InChI is InChI=1S/C15H23F3N6.HI/c1-11(15(16,17)18)23-6-8-24(9-7-23)14(19-3)21-10-13-4-5-20-12(2)22-13;/h4-5,11H,6-10H2,1-3H3,(H,19,21);1H. The summed E-state index contributed by atoms with van der Waals surface area (Å²) in [5, 5.41) is 3.20. The van der Waals surface area contributed by atoms with Crippen LogP contribution in [0.2, 0.25) is 0 Å². The predicted octanol–water partition coefficient (Wildman–Crippen LogP) is 2.05. The first-order valence-electron chi connectivity index (χ1n) is 7.86.